The Hall–Kier alpha value is -2.89. The fourth-order valence-corrected chi connectivity index (χ4v) is 2.16. The fraction of sp³-hybridized carbons (Fsp3) is 0.235. The summed E-state index contributed by atoms with van der Waals surface area (Å²) in [5.41, 5.74) is 0.391. The van der Waals surface area contributed by atoms with Crippen molar-refractivity contribution in [3.05, 3.63) is 48.0 Å². The van der Waals surface area contributed by atoms with E-state index in [1.165, 1.54) is 14.2 Å². The molecule has 6 nitrogen and oxygen atoms in total. The summed E-state index contributed by atoms with van der Waals surface area (Å²) in [4.78, 5) is 35.4. The molecule has 0 radical (unpaired) electrons. The van der Waals surface area contributed by atoms with Crippen LogP contribution in [0.15, 0.2) is 42.5 Å². The third-order valence-corrected chi connectivity index (χ3v) is 3.40. The van der Waals surface area contributed by atoms with Crippen molar-refractivity contribution >= 4 is 28.6 Å². The minimum atomic E-state index is -1.09. The minimum Gasteiger partial charge on any atom is -0.469 e. The van der Waals surface area contributed by atoms with Crippen molar-refractivity contribution in [2.75, 3.05) is 14.2 Å². The van der Waals surface area contributed by atoms with Crippen molar-refractivity contribution in [3.63, 3.8) is 0 Å². The van der Waals surface area contributed by atoms with E-state index in [9.17, 15) is 14.4 Å². The van der Waals surface area contributed by atoms with Crippen LogP contribution in [0.2, 0.25) is 0 Å². The number of carbonyl (C=O) groups is 3. The number of amides is 1. The molecular weight excluding hydrogens is 298 g/mol. The Morgan fingerprint density at radius 3 is 2.35 bits per heavy atom. The Balaban J connectivity index is 2.18. The molecule has 0 bridgehead atoms. The Labute approximate surface area is 133 Å². The molecule has 23 heavy (non-hydrogen) atoms. The molecule has 0 aliphatic rings. The molecule has 2 rings (SSSR count). The van der Waals surface area contributed by atoms with E-state index in [4.69, 9.17) is 0 Å². The van der Waals surface area contributed by atoms with Crippen LogP contribution in [-0.4, -0.2) is 38.1 Å². The molecule has 1 atom stereocenters. The lowest BCUT2D eigenvalue weighted by Gasteiger charge is -2.15. The lowest BCUT2D eigenvalue weighted by atomic mass is 10.1. The van der Waals surface area contributed by atoms with Gasteiger partial charge in [0.05, 0.1) is 20.6 Å². The molecule has 0 saturated carbocycles. The van der Waals surface area contributed by atoms with Gasteiger partial charge in [-0.1, -0.05) is 30.3 Å². The second-order valence-electron chi connectivity index (χ2n) is 4.89. The fourth-order valence-electron chi connectivity index (χ4n) is 2.16. The lowest BCUT2D eigenvalue weighted by molar-refractivity contribution is -0.149. The first-order valence-corrected chi connectivity index (χ1v) is 6.99. The number of carbonyl (C=O) groups excluding carboxylic acids is 3. The van der Waals surface area contributed by atoms with Gasteiger partial charge in [-0.15, -0.1) is 0 Å². The maximum Gasteiger partial charge on any atom is 0.328 e. The van der Waals surface area contributed by atoms with Gasteiger partial charge in [-0.05, 0) is 22.9 Å². The molecule has 0 fully saturated rings. The number of ether oxygens (including phenoxy) is 2. The highest BCUT2D eigenvalue weighted by molar-refractivity contribution is 6.00. The molecule has 0 aliphatic carbocycles. The molecule has 0 spiro atoms. The third-order valence-electron chi connectivity index (χ3n) is 3.40. The molecule has 0 unspecified atom stereocenters. The van der Waals surface area contributed by atoms with Crippen molar-refractivity contribution in [2.45, 2.75) is 12.5 Å². The van der Waals surface area contributed by atoms with Crippen molar-refractivity contribution in [1.82, 2.24) is 5.32 Å². The second kappa shape index (κ2) is 7.40. The lowest BCUT2D eigenvalue weighted by Crippen LogP contribution is -2.43. The number of fused-ring (bicyclic) bond motifs is 1. The predicted octanol–water partition coefficient (Wildman–Crippen LogP) is 1.67. The zero-order chi connectivity index (χ0) is 16.8. The zero-order valence-corrected chi connectivity index (χ0v) is 12.9. The number of hydrogen-bond acceptors (Lipinski definition) is 5. The number of esters is 2. The molecule has 2 aromatic carbocycles. The van der Waals surface area contributed by atoms with E-state index in [0.717, 1.165) is 10.8 Å². The average Bonchev–Trinajstić information content (AvgIpc) is 2.59. The molecule has 6 heteroatoms. The Bertz CT molecular complexity index is 741. The average molecular weight is 315 g/mol. The van der Waals surface area contributed by atoms with Crippen LogP contribution >= 0.6 is 0 Å². The van der Waals surface area contributed by atoms with Crippen LogP contribution < -0.4 is 5.32 Å². The summed E-state index contributed by atoms with van der Waals surface area (Å²) >= 11 is 0. The van der Waals surface area contributed by atoms with Gasteiger partial charge in [0.1, 0.15) is 6.04 Å². The maximum atomic E-state index is 12.3. The van der Waals surface area contributed by atoms with Gasteiger partial charge >= 0.3 is 11.9 Å². The van der Waals surface area contributed by atoms with Gasteiger partial charge in [0.25, 0.3) is 5.91 Å². The van der Waals surface area contributed by atoms with Gasteiger partial charge in [-0.25, -0.2) is 4.79 Å². The predicted molar refractivity (Wildman–Crippen MR) is 83.9 cm³/mol. The Kier molecular flexibility index (Phi) is 5.30. The second-order valence-corrected chi connectivity index (χ2v) is 4.89. The van der Waals surface area contributed by atoms with Gasteiger partial charge in [0.2, 0.25) is 0 Å². The number of rotatable bonds is 5. The minimum absolute atomic E-state index is 0.289. The quantitative estimate of drug-likeness (QED) is 0.849. The molecule has 2 aromatic rings. The van der Waals surface area contributed by atoms with Crippen LogP contribution in [0, 0.1) is 0 Å². The number of hydrogen-bond donors (Lipinski definition) is 1. The standard InChI is InChI=1S/C17H17NO5/c1-22-15(19)10-14(17(21)23-2)18-16(20)13-8-7-11-5-3-4-6-12(11)9-13/h3-9,14H,10H2,1-2H3,(H,18,20)/t14-/m1/s1. The first-order chi connectivity index (χ1) is 11.0. The van der Waals surface area contributed by atoms with Crippen molar-refractivity contribution in [1.29, 1.82) is 0 Å². The molecule has 0 saturated heterocycles. The van der Waals surface area contributed by atoms with E-state index in [0.29, 0.717) is 5.56 Å². The SMILES string of the molecule is COC(=O)C[C@@H](NC(=O)c1ccc2ccccc2c1)C(=O)OC. The maximum absolute atomic E-state index is 12.3. The summed E-state index contributed by atoms with van der Waals surface area (Å²) in [6, 6.07) is 11.7. The van der Waals surface area contributed by atoms with Gasteiger partial charge in [0.15, 0.2) is 0 Å². The van der Waals surface area contributed by atoms with Crippen LogP contribution in [-0.2, 0) is 19.1 Å². The van der Waals surface area contributed by atoms with Gasteiger partial charge < -0.3 is 14.8 Å². The van der Waals surface area contributed by atoms with Gasteiger partial charge in [-0.3, -0.25) is 9.59 Å². The van der Waals surface area contributed by atoms with Crippen LogP contribution in [0.4, 0.5) is 0 Å². The Morgan fingerprint density at radius 1 is 1.00 bits per heavy atom. The summed E-state index contributed by atoms with van der Waals surface area (Å²) in [5.74, 6) is -1.78. The largest absolute Gasteiger partial charge is 0.469 e. The van der Waals surface area contributed by atoms with Crippen LogP contribution in [0.25, 0.3) is 10.8 Å². The molecule has 1 amide bonds. The third kappa shape index (κ3) is 4.06. The van der Waals surface area contributed by atoms with E-state index >= 15 is 0 Å². The van der Waals surface area contributed by atoms with Crippen LogP contribution in [0.3, 0.4) is 0 Å². The highest BCUT2D eigenvalue weighted by Gasteiger charge is 2.25. The summed E-state index contributed by atoms with van der Waals surface area (Å²) in [6.45, 7) is 0. The van der Waals surface area contributed by atoms with Gasteiger partial charge in [-0.2, -0.15) is 0 Å². The highest BCUT2D eigenvalue weighted by Crippen LogP contribution is 2.15. The van der Waals surface area contributed by atoms with Crippen molar-refractivity contribution in [3.8, 4) is 0 Å². The van der Waals surface area contributed by atoms with Crippen molar-refractivity contribution in [2.24, 2.45) is 0 Å². The molecule has 0 aliphatic heterocycles. The Morgan fingerprint density at radius 2 is 1.70 bits per heavy atom. The first kappa shape index (κ1) is 16.5. The number of methoxy groups -OCH3 is 2. The van der Waals surface area contributed by atoms with E-state index in [-0.39, 0.29) is 6.42 Å². The van der Waals surface area contributed by atoms with E-state index in [2.05, 4.69) is 14.8 Å². The van der Waals surface area contributed by atoms with Crippen LogP contribution in [0.5, 0.6) is 0 Å². The van der Waals surface area contributed by atoms with Crippen LogP contribution in [0.1, 0.15) is 16.8 Å². The summed E-state index contributed by atoms with van der Waals surface area (Å²) in [6.07, 6.45) is -0.289. The summed E-state index contributed by atoms with van der Waals surface area (Å²) in [5, 5.41) is 4.41. The zero-order valence-electron chi connectivity index (χ0n) is 12.9. The normalized spacial score (nSPS) is 11.6. The summed E-state index contributed by atoms with van der Waals surface area (Å²) < 4.78 is 9.13. The number of nitrogens with one attached hydrogen (secondary N) is 1. The molecule has 120 valence electrons. The van der Waals surface area contributed by atoms with Gasteiger partial charge in [0, 0.05) is 5.56 Å². The van der Waals surface area contributed by atoms with Crippen molar-refractivity contribution < 1.29 is 23.9 Å². The monoisotopic (exact) mass is 315 g/mol. The molecule has 1 N–H and O–H groups in total. The van der Waals surface area contributed by atoms with E-state index in [1.807, 2.05) is 30.3 Å². The smallest absolute Gasteiger partial charge is 0.328 e. The first-order valence-electron chi connectivity index (χ1n) is 6.99. The summed E-state index contributed by atoms with van der Waals surface area (Å²) in [7, 11) is 2.40. The topological polar surface area (TPSA) is 81.7 Å². The van der Waals surface area contributed by atoms with E-state index < -0.39 is 23.9 Å². The molecular formula is C17H17NO5. The number of benzene rings is 2. The molecule has 0 aromatic heterocycles. The van der Waals surface area contributed by atoms with E-state index in [1.54, 1.807) is 12.1 Å². The molecule has 0 heterocycles. The highest BCUT2D eigenvalue weighted by atomic mass is 16.5.